The Morgan fingerprint density at radius 1 is 1.00 bits per heavy atom. The number of aldehydes is 1. The monoisotopic (exact) mass is 582 g/mol. The maximum Gasteiger partial charge on any atom is 0.407 e. The first kappa shape index (κ1) is 28.8. The van der Waals surface area contributed by atoms with Crippen molar-refractivity contribution < 1.29 is 29.3 Å². The Morgan fingerprint density at radius 2 is 1.75 bits per heavy atom. The van der Waals surface area contributed by atoms with Gasteiger partial charge in [0.2, 0.25) is 5.88 Å². The van der Waals surface area contributed by atoms with E-state index >= 15 is 0 Å². The van der Waals surface area contributed by atoms with Gasteiger partial charge in [-0.15, -0.1) is 0 Å². The summed E-state index contributed by atoms with van der Waals surface area (Å²) in [5.74, 6) is 0.605. The lowest BCUT2D eigenvalue weighted by molar-refractivity contribution is 0.112. The summed E-state index contributed by atoms with van der Waals surface area (Å²) >= 11 is 13.7. The normalized spacial score (nSPS) is 10.7. The number of rotatable bonds is 10. The first-order valence-corrected chi connectivity index (χ1v) is 12.6. The van der Waals surface area contributed by atoms with Gasteiger partial charge in [-0.05, 0) is 24.3 Å². The van der Waals surface area contributed by atoms with Crippen LogP contribution in [-0.2, 0) is 6.54 Å². The van der Waals surface area contributed by atoms with Crippen LogP contribution in [-0.4, -0.2) is 69.8 Å². The number of aromatic nitrogens is 3. The van der Waals surface area contributed by atoms with E-state index in [1.807, 2.05) is 0 Å². The maximum absolute atomic E-state index is 11.5. The minimum Gasteiger partial charge on any atom is -0.496 e. The smallest absolute Gasteiger partial charge is 0.407 e. The molecule has 40 heavy (non-hydrogen) atoms. The average Bonchev–Trinajstić information content (AvgIpc) is 2.97. The van der Waals surface area contributed by atoms with E-state index in [4.69, 9.17) is 32.7 Å². The lowest BCUT2D eigenvalue weighted by Crippen LogP contribution is -2.31. The summed E-state index contributed by atoms with van der Waals surface area (Å²) in [6, 6.07) is 13.7. The number of pyridine rings is 1. The van der Waals surface area contributed by atoms with Gasteiger partial charge in [0.15, 0.2) is 6.29 Å². The van der Waals surface area contributed by atoms with Crippen molar-refractivity contribution in [2.45, 2.75) is 6.54 Å². The lowest BCUT2D eigenvalue weighted by Gasteiger charge is -2.19. The van der Waals surface area contributed by atoms with Gasteiger partial charge in [-0.2, -0.15) is 0 Å². The molecule has 1 amide bonds. The van der Waals surface area contributed by atoms with E-state index in [1.54, 1.807) is 48.5 Å². The number of hydrogen-bond donors (Lipinski definition) is 2. The molecular formula is C28H24Cl2N4O6. The molecule has 0 aliphatic rings. The van der Waals surface area contributed by atoms with Gasteiger partial charge in [0, 0.05) is 28.8 Å². The van der Waals surface area contributed by atoms with Gasteiger partial charge >= 0.3 is 6.09 Å². The van der Waals surface area contributed by atoms with Crippen molar-refractivity contribution in [2.24, 2.45) is 0 Å². The molecule has 4 aromatic rings. The van der Waals surface area contributed by atoms with Crippen molar-refractivity contribution in [3.05, 3.63) is 76.0 Å². The second-order valence-corrected chi connectivity index (χ2v) is 9.18. The molecular weight excluding hydrogens is 559 g/mol. The molecule has 12 heteroatoms. The van der Waals surface area contributed by atoms with Gasteiger partial charge < -0.3 is 24.6 Å². The van der Waals surface area contributed by atoms with E-state index in [1.165, 1.54) is 20.5 Å². The molecule has 0 fully saturated rings. The second-order valence-electron chi connectivity index (χ2n) is 8.42. The molecule has 0 bridgehead atoms. The zero-order valence-electron chi connectivity index (χ0n) is 21.5. The van der Waals surface area contributed by atoms with Gasteiger partial charge in [0.25, 0.3) is 0 Å². The SMILES string of the molecule is COc1cc(-c2ncnc(-c3cccc(-c4ccc(CN(CCO)C(=O)O)c(OC)n4)c3Cl)c2Cl)ccc1C=O. The zero-order valence-corrected chi connectivity index (χ0v) is 23.0. The summed E-state index contributed by atoms with van der Waals surface area (Å²) in [6.07, 6.45) is 0.902. The van der Waals surface area contributed by atoms with Crippen LogP contribution in [0.1, 0.15) is 15.9 Å². The Morgan fingerprint density at radius 3 is 2.42 bits per heavy atom. The largest absolute Gasteiger partial charge is 0.496 e. The molecule has 0 aliphatic carbocycles. The Kier molecular flexibility index (Phi) is 9.15. The van der Waals surface area contributed by atoms with E-state index in [9.17, 15) is 19.8 Å². The third kappa shape index (κ3) is 5.84. The summed E-state index contributed by atoms with van der Waals surface area (Å²) in [7, 11) is 2.90. The van der Waals surface area contributed by atoms with Gasteiger partial charge in [-0.25, -0.2) is 19.7 Å². The number of methoxy groups -OCH3 is 2. The average molecular weight is 583 g/mol. The molecule has 206 valence electrons. The predicted octanol–water partition coefficient (Wildman–Crippen LogP) is 5.48. The quantitative estimate of drug-likeness (QED) is 0.233. The number of carbonyl (C=O) groups excluding carboxylic acids is 1. The first-order chi connectivity index (χ1) is 19.3. The van der Waals surface area contributed by atoms with Crippen LogP contribution in [0.2, 0.25) is 10.0 Å². The molecule has 2 aromatic heterocycles. The van der Waals surface area contributed by atoms with Crippen LogP contribution < -0.4 is 9.47 Å². The highest BCUT2D eigenvalue weighted by Gasteiger charge is 2.20. The fraction of sp³-hybridized carbons (Fsp3) is 0.179. The van der Waals surface area contributed by atoms with E-state index in [2.05, 4.69) is 15.0 Å². The topological polar surface area (TPSA) is 135 Å². The Bertz CT molecular complexity index is 1570. The summed E-state index contributed by atoms with van der Waals surface area (Å²) in [5.41, 5.74) is 3.95. The number of hydrogen-bond acceptors (Lipinski definition) is 8. The number of halogens is 2. The third-order valence-electron chi connectivity index (χ3n) is 6.09. The highest BCUT2D eigenvalue weighted by molar-refractivity contribution is 6.38. The highest BCUT2D eigenvalue weighted by Crippen LogP contribution is 2.41. The standard InChI is InChI=1S/C28H24Cl2N4O6/c1-39-22-12-16(6-7-18(22)14-36)25-24(30)26(32-15-31-25)20-5-3-4-19(23(20)29)21-9-8-17(27(33-21)40-2)13-34(10-11-35)28(37)38/h3-9,12,14-15,35H,10-11,13H2,1-2H3,(H,37,38). The Balaban J connectivity index is 1.74. The van der Waals surface area contributed by atoms with Crippen LogP contribution in [0.4, 0.5) is 4.79 Å². The van der Waals surface area contributed by atoms with Crippen LogP contribution in [0.5, 0.6) is 11.6 Å². The van der Waals surface area contributed by atoms with Crippen LogP contribution >= 0.6 is 23.2 Å². The molecule has 0 aliphatic heterocycles. The summed E-state index contributed by atoms with van der Waals surface area (Å²) in [4.78, 5) is 37.1. The van der Waals surface area contributed by atoms with Crippen molar-refractivity contribution in [1.82, 2.24) is 19.9 Å². The van der Waals surface area contributed by atoms with Crippen molar-refractivity contribution in [3.63, 3.8) is 0 Å². The van der Waals surface area contributed by atoms with E-state index in [0.29, 0.717) is 62.0 Å². The van der Waals surface area contributed by atoms with Gasteiger partial charge in [-0.3, -0.25) is 4.79 Å². The van der Waals surface area contributed by atoms with Crippen LogP contribution in [0.25, 0.3) is 33.8 Å². The van der Waals surface area contributed by atoms with Crippen molar-refractivity contribution in [1.29, 1.82) is 0 Å². The molecule has 0 spiro atoms. The molecule has 2 aromatic carbocycles. The number of aliphatic hydroxyl groups excluding tert-OH is 1. The fourth-order valence-electron chi connectivity index (χ4n) is 4.11. The van der Waals surface area contributed by atoms with Crippen molar-refractivity contribution in [2.75, 3.05) is 27.4 Å². The van der Waals surface area contributed by atoms with Gasteiger partial charge in [-0.1, -0.05) is 47.5 Å². The summed E-state index contributed by atoms with van der Waals surface area (Å²) in [6.45, 7) is -0.380. The minimum absolute atomic E-state index is 0.0158. The van der Waals surface area contributed by atoms with E-state index < -0.39 is 6.09 Å². The fourth-order valence-corrected chi connectivity index (χ4v) is 4.73. The second kappa shape index (κ2) is 12.7. The molecule has 0 radical (unpaired) electrons. The maximum atomic E-state index is 11.5. The Hall–Kier alpha value is -4.25. The van der Waals surface area contributed by atoms with E-state index in [0.717, 1.165) is 4.90 Å². The molecule has 0 unspecified atom stereocenters. The Labute approximate surface area is 239 Å². The lowest BCUT2D eigenvalue weighted by atomic mass is 10.0. The number of nitrogens with zero attached hydrogens (tertiary/aromatic N) is 4. The minimum atomic E-state index is -1.17. The van der Waals surface area contributed by atoms with E-state index in [-0.39, 0.29) is 30.6 Å². The van der Waals surface area contributed by atoms with Gasteiger partial charge in [0.05, 0.1) is 60.1 Å². The number of carbonyl (C=O) groups is 2. The van der Waals surface area contributed by atoms with Crippen molar-refractivity contribution in [3.8, 4) is 45.4 Å². The first-order valence-electron chi connectivity index (χ1n) is 11.9. The number of benzene rings is 2. The molecule has 2 heterocycles. The van der Waals surface area contributed by atoms with Crippen molar-refractivity contribution >= 4 is 35.6 Å². The van der Waals surface area contributed by atoms with Crippen LogP contribution in [0.15, 0.2) is 54.9 Å². The molecule has 0 saturated carbocycles. The number of aliphatic hydroxyl groups is 1. The highest BCUT2D eigenvalue weighted by atomic mass is 35.5. The molecule has 2 N–H and O–H groups in total. The van der Waals surface area contributed by atoms with Crippen LogP contribution in [0.3, 0.4) is 0 Å². The summed E-state index contributed by atoms with van der Waals surface area (Å²) < 4.78 is 10.7. The van der Waals surface area contributed by atoms with Gasteiger partial charge in [0.1, 0.15) is 12.1 Å². The summed E-state index contributed by atoms with van der Waals surface area (Å²) in [5, 5.41) is 19.2. The number of carboxylic acid groups (broad SMARTS) is 1. The number of amides is 1. The van der Waals surface area contributed by atoms with Crippen LogP contribution in [0, 0.1) is 0 Å². The zero-order chi connectivity index (χ0) is 28.8. The molecule has 0 atom stereocenters. The molecule has 10 nitrogen and oxygen atoms in total. The number of ether oxygens (including phenoxy) is 2. The molecule has 0 saturated heterocycles. The predicted molar refractivity (Wildman–Crippen MR) is 150 cm³/mol. The molecule has 4 rings (SSSR count). The third-order valence-corrected chi connectivity index (χ3v) is 6.85.